The zero-order valence-electron chi connectivity index (χ0n) is 16.9. The highest BCUT2D eigenvalue weighted by Crippen LogP contribution is 2.22. The number of fused-ring (bicyclic) bond motifs is 1. The van der Waals surface area contributed by atoms with Gasteiger partial charge in [0, 0.05) is 0 Å². The van der Waals surface area contributed by atoms with E-state index >= 15 is 0 Å². The molecular weight excluding hydrogens is 408 g/mol. The molecule has 0 atom stereocenters. The second kappa shape index (κ2) is 10.1. The number of rotatable bonds is 8. The molecule has 0 bridgehead atoms. The topological polar surface area (TPSA) is 101 Å². The van der Waals surface area contributed by atoms with Crippen LogP contribution in [-0.2, 0) is 9.68 Å². The van der Waals surface area contributed by atoms with Crippen LogP contribution in [0.25, 0.3) is 10.8 Å². The predicted molar refractivity (Wildman–Crippen MR) is 121 cm³/mol. The first-order valence-corrected chi connectivity index (χ1v) is 9.78. The second-order valence-corrected chi connectivity index (χ2v) is 6.71. The van der Waals surface area contributed by atoms with Gasteiger partial charge in [0.15, 0.2) is 0 Å². The average molecular weight is 428 g/mol. The maximum absolute atomic E-state index is 12.7. The zero-order valence-corrected chi connectivity index (χ0v) is 16.9. The van der Waals surface area contributed by atoms with Gasteiger partial charge in [-0.3, -0.25) is 10.9 Å². The SMILES string of the molecule is O=C(ONNc1ccccc1)c1cc(C(=O)ONNc2ccccc2)c2ccccc2c1. The van der Waals surface area contributed by atoms with Crippen LogP contribution in [0.5, 0.6) is 0 Å². The van der Waals surface area contributed by atoms with Gasteiger partial charge in [0.25, 0.3) is 0 Å². The zero-order chi connectivity index (χ0) is 22.2. The average Bonchev–Trinajstić information content (AvgIpc) is 2.84. The fourth-order valence-electron chi connectivity index (χ4n) is 3.02. The lowest BCUT2D eigenvalue weighted by molar-refractivity contribution is 0.0305. The van der Waals surface area contributed by atoms with E-state index < -0.39 is 11.9 Å². The lowest BCUT2D eigenvalue weighted by Gasteiger charge is -2.12. The van der Waals surface area contributed by atoms with Crippen molar-refractivity contribution in [2.24, 2.45) is 0 Å². The summed E-state index contributed by atoms with van der Waals surface area (Å²) >= 11 is 0. The number of carbonyl (C=O) groups is 2. The first-order valence-electron chi connectivity index (χ1n) is 9.78. The lowest BCUT2D eigenvalue weighted by Crippen LogP contribution is -2.27. The second-order valence-electron chi connectivity index (χ2n) is 6.71. The van der Waals surface area contributed by atoms with Gasteiger partial charge in [-0.25, -0.2) is 9.59 Å². The Kier molecular flexibility index (Phi) is 6.57. The molecule has 160 valence electrons. The Hall–Kier alpha value is -4.40. The van der Waals surface area contributed by atoms with Gasteiger partial charge < -0.3 is 9.68 Å². The normalized spacial score (nSPS) is 10.4. The molecule has 0 radical (unpaired) electrons. The molecule has 4 rings (SSSR count). The van der Waals surface area contributed by atoms with Crippen LogP contribution in [0.1, 0.15) is 20.7 Å². The third-order valence-electron chi connectivity index (χ3n) is 4.54. The molecule has 0 saturated heterocycles. The summed E-state index contributed by atoms with van der Waals surface area (Å²) < 4.78 is 0. The van der Waals surface area contributed by atoms with Crippen LogP contribution in [0.3, 0.4) is 0 Å². The van der Waals surface area contributed by atoms with Crippen molar-refractivity contribution >= 4 is 34.1 Å². The van der Waals surface area contributed by atoms with Crippen LogP contribution >= 0.6 is 0 Å². The van der Waals surface area contributed by atoms with Crippen molar-refractivity contribution in [2.75, 3.05) is 10.9 Å². The Morgan fingerprint density at radius 3 is 1.75 bits per heavy atom. The number of carbonyl (C=O) groups excluding carboxylic acids is 2. The van der Waals surface area contributed by atoms with Gasteiger partial charge in [-0.1, -0.05) is 71.8 Å². The summed E-state index contributed by atoms with van der Waals surface area (Å²) in [6, 6.07) is 28.6. The molecule has 0 fully saturated rings. The van der Waals surface area contributed by atoms with Gasteiger partial charge in [0.1, 0.15) is 0 Å². The van der Waals surface area contributed by atoms with E-state index in [4.69, 9.17) is 9.68 Å². The molecule has 0 spiro atoms. The van der Waals surface area contributed by atoms with Crippen molar-refractivity contribution in [3.05, 3.63) is 108 Å². The van der Waals surface area contributed by atoms with Crippen molar-refractivity contribution in [2.45, 2.75) is 0 Å². The van der Waals surface area contributed by atoms with Crippen LogP contribution < -0.4 is 22.0 Å². The Morgan fingerprint density at radius 1 is 0.594 bits per heavy atom. The molecule has 0 saturated carbocycles. The summed E-state index contributed by atoms with van der Waals surface area (Å²) in [5.74, 6) is -1.32. The number of hydrogen-bond donors (Lipinski definition) is 4. The molecule has 0 unspecified atom stereocenters. The predicted octanol–water partition coefficient (Wildman–Crippen LogP) is 4.22. The van der Waals surface area contributed by atoms with Crippen molar-refractivity contribution in [1.82, 2.24) is 11.2 Å². The van der Waals surface area contributed by atoms with E-state index in [9.17, 15) is 9.59 Å². The maximum Gasteiger partial charge on any atom is 0.359 e. The molecule has 0 amide bonds. The van der Waals surface area contributed by atoms with Crippen LogP contribution in [0, 0.1) is 0 Å². The van der Waals surface area contributed by atoms with E-state index in [1.54, 1.807) is 36.4 Å². The first-order chi connectivity index (χ1) is 15.7. The van der Waals surface area contributed by atoms with Crippen LogP contribution in [0.15, 0.2) is 97.1 Å². The third kappa shape index (κ3) is 5.20. The number of benzene rings is 4. The largest absolute Gasteiger partial charge is 0.359 e. The fourth-order valence-corrected chi connectivity index (χ4v) is 3.02. The van der Waals surface area contributed by atoms with Gasteiger partial charge >= 0.3 is 11.9 Å². The van der Waals surface area contributed by atoms with E-state index in [-0.39, 0.29) is 11.1 Å². The Balaban J connectivity index is 1.46. The molecule has 0 aliphatic carbocycles. The molecule has 0 aromatic heterocycles. The molecule has 8 nitrogen and oxygen atoms in total. The van der Waals surface area contributed by atoms with Gasteiger partial charge in [0.05, 0.1) is 22.5 Å². The minimum atomic E-state index is -0.663. The minimum Gasteiger partial charge on any atom is -0.346 e. The number of hydrogen-bond acceptors (Lipinski definition) is 8. The molecule has 4 aromatic carbocycles. The van der Waals surface area contributed by atoms with E-state index in [1.165, 1.54) is 6.07 Å². The summed E-state index contributed by atoms with van der Waals surface area (Å²) in [7, 11) is 0. The number of hydrazine groups is 2. The van der Waals surface area contributed by atoms with E-state index in [1.807, 2.05) is 54.6 Å². The monoisotopic (exact) mass is 428 g/mol. The van der Waals surface area contributed by atoms with Crippen molar-refractivity contribution in [3.8, 4) is 0 Å². The lowest BCUT2D eigenvalue weighted by atomic mass is 10.0. The summed E-state index contributed by atoms with van der Waals surface area (Å²) in [6.45, 7) is 0. The summed E-state index contributed by atoms with van der Waals surface area (Å²) in [6.07, 6.45) is 0. The van der Waals surface area contributed by atoms with Gasteiger partial charge in [-0.05, 0) is 47.2 Å². The van der Waals surface area contributed by atoms with Crippen LogP contribution in [0.4, 0.5) is 11.4 Å². The first kappa shape index (κ1) is 20.9. The molecule has 0 heterocycles. The highest BCUT2D eigenvalue weighted by atomic mass is 16.7. The summed E-state index contributed by atoms with van der Waals surface area (Å²) in [5, 5.41) is 1.34. The minimum absolute atomic E-state index is 0.189. The van der Waals surface area contributed by atoms with Crippen molar-refractivity contribution < 1.29 is 19.3 Å². The van der Waals surface area contributed by atoms with Gasteiger partial charge in [-0.15, -0.1) is 0 Å². The fraction of sp³-hybridized carbons (Fsp3) is 0. The third-order valence-corrected chi connectivity index (χ3v) is 4.54. The van der Waals surface area contributed by atoms with E-state index in [2.05, 4.69) is 22.0 Å². The number of nitrogens with one attached hydrogen (secondary N) is 4. The van der Waals surface area contributed by atoms with Crippen LogP contribution in [0.2, 0.25) is 0 Å². The molecule has 32 heavy (non-hydrogen) atoms. The summed E-state index contributed by atoms with van der Waals surface area (Å²) in [5.41, 5.74) is 12.2. The van der Waals surface area contributed by atoms with Crippen molar-refractivity contribution in [1.29, 1.82) is 0 Å². The quantitative estimate of drug-likeness (QED) is 0.310. The van der Waals surface area contributed by atoms with Crippen LogP contribution in [-0.4, -0.2) is 11.9 Å². The smallest absolute Gasteiger partial charge is 0.346 e. The Labute approximate surface area is 184 Å². The standard InChI is InChI=1S/C24H20N4O4/c29-23(31-27-25-19-10-3-1-4-11-19)18-15-17-9-7-8-14-21(17)22(16-18)24(30)32-28-26-20-12-5-2-6-13-20/h1-16,25-28H. The van der Waals surface area contributed by atoms with Crippen molar-refractivity contribution in [3.63, 3.8) is 0 Å². The molecule has 0 aliphatic rings. The Morgan fingerprint density at radius 2 is 1.12 bits per heavy atom. The molecular formula is C24H20N4O4. The molecule has 4 aromatic rings. The molecule has 0 aliphatic heterocycles. The Bertz CT molecular complexity index is 1220. The van der Waals surface area contributed by atoms with E-state index in [0.717, 1.165) is 11.4 Å². The molecule has 8 heteroatoms. The van der Waals surface area contributed by atoms with E-state index in [0.29, 0.717) is 10.8 Å². The highest BCUT2D eigenvalue weighted by Gasteiger charge is 2.17. The van der Waals surface area contributed by atoms with Gasteiger partial charge in [0.2, 0.25) is 0 Å². The molecule has 4 N–H and O–H groups in total. The maximum atomic E-state index is 12.7. The van der Waals surface area contributed by atoms with Gasteiger partial charge in [-0.2, -0.15) is 0 Å². The summed E-state index contributed by atoms with van der Waals surface area (Å²) in [4.78, 5) is 35.5. The number of para-hydroxylation sites is 2. The highest BCUT2D eigenvalue weighted by molar-refractivity contribution is 6.07. The number of anilines is 2.